The van der Waals surface area contributed by atoms with Crippen LogP contribution in [0.4, 0.5) is 5.69 Å². The highest BCUT2D eigenvalue weighted by Gasteiger charge is 2.17. The number of H-pyrrole nitrogens is 1. The Morgan fingerprint density at radius 3 is 2.64 bits per heavy atom. The molecule has 0 bridgehead atoms. The number of carbonyl (C=O) groups is 1. The lowest BCUT2D eigenvalue weighted by molar-refractivity contribution is -0.115. The number of benzene rings is 2. The van der Waals surface area contributed by atoms with Gasteiger partial charge in [-0.15, -0.1) is 5.10 Å². The maximum absolute atomic E-state index is 12.4. The van der Waals surface area contributed by atoms with E-state index in [0.29, 0.717) is 17.6 Å². The maximum Gasteiger partial charge on any atom is 0.237 e. The van der Waals surface area contributed by atoms with Crippen LogP contribution in [0.2, 0.25) is 0 Å². The SMILES string of the molecule is CCOc1ccc(NC(=O)C(C)Sc2n[nH]c(/C=C/c3ccccc3)n2)cc1. The average molecular weight is 395 g/mol. The van der Waals surface area contributed by atoms with Crippen LogP contribution in [0.5, 0.6) is 5.75 Å². The second kappa shape index (κ2) is 9.75. The Hall–Kier alpha value is -3.06. The normalized spacial score (nSPS) is 12.1. The molecular weight excluding hydrogens is 372 g/mol. The van der Waals surface area contributed by atoms with Crippen LogP contribution in [0.15, 0.2) is 59.8 Å². The molecule has 3 rings (SSSR count). The van der Waals surface area contributed by atoms with Gasteiger partial charge in [-0.25, -0.2) is 4.98 Å². The zero-order chi connectivity index (χ0) is 19.8. The first-order valence-electron chi connectivity index (χ1n) is 9.00. The van der Waals surface area contributed by atoms with Gasteiger partial charge in [0.1, 0.15) is 11.6 Å². The van der Waals surface area contributed by atoms with Gasteiger partial charge in [0.2, 0.25) is 11.1 Å². The number of ether oxygens (including phenoxy) is 1. The number of carbonyl (C=O) groups excluding carboxylic acids is 1. The van der Waals surface area contributed by atoms with Crippen molar-refractivity contribution in [1.82, 2.24) is 15.2 Å². The van der Waals surface area contributed by atoms with Crippen molar-refractivity contribution in [1.29, 1.82) is 0 Å². The van der Waals surface area contributed by atoms with Crippen molar-refractivity contribution >= 4 is 35.5 Å². The van der Waals surface area contributed by atoms with Crippen LogP contribution in [-0.2, 0) is 4.79 Å². The predicted molar refractivity (Wildman–Crippen MR) is 113 cm³/mol. The van der Waals surface area contributed by atoms with Crippen LogP contribution in [0, 0.1) is 0 Å². The van der Waals surface area contributed by atoms with Crippen molar-refractivity contribution in [2.24, 2.45) is 0 Å². The summed E-state index contributed by atoms with van der Waals surface area (Å²) in [6.07, 6.45) is 3.81. The molecule has 2 N–H and O–H groups in total. The predicted octanol–water partition coefficient (Wildman–Crippen LogP) is 4.49. The molecule has 144 valence electrons. The van der Waals surface area contributed by atoms with Crippen molar-refractivity contribution in [3.63, 3.8) is 0 Å². The van der Waals surface area contributed by atoms with Gasteiger partial charge in [-0.05, 0) is 49.8 Å². The molecule has 7 heteroatoms. The van der Waals surface area contributed by atoms with E-state index in [-0.39, 0.29) is 11.2 Å². The number of nitrogens with zero attached hydrogens (tertiary/aromatic N) is 2. The van der Waals surface area contributed by atoms with Crippen LogP contribution >= 0.6 is 11.8 Å². The first kappa shape index (κ1) is 19.7. The Bertz CT molecular complexity index is 923. The molecule has 1 unspecified atom stereocenters. The Morgan fingerprint density at radius 2 is 1.93 bits per heavy atom. The van der Waals surface area contributed by atoms with E-state index in [1.165, 1.54) is 11.8 Å². The molecule has 1 aromatic heterocycles. The van der Waals surface area contributed by atoms with Gasteiger partial charge in [0.05, 0.1) is 11.9 Å². The lowest BCUT2D eigenvalue weighted by Crippen LogP contribution is -2.22. The van der Waals surface area contributed by atoms with E-state index in [9.17, 15) is 4.79 Å². The molecule has 0 aliphatic heterocycles. The molecule has 0 saturated carbocycles. The first-order valence-corrected chi connectivity index (χ1v) is 9.88. The van der Waals surface area contributed by atoms with E-state index in [0.717, 1.165) is 17.0 Å². The molecule has 0 fully saturated rings. The number of thioether (sulfide) groups is 1. The third kappa shape index (κ3) is 5.72. The number of rotatable bonds is 8. The van der Waals surface area contributed by atoms with Gasteiger partial charge >= 0.3 is 0 Å². The minimum absolute atomic E-state index is 0.111. The maximum atomic E-state index is 12.4. The summed E-state index contributed by atoms with van der Waals surface area (Å²) in [5, 5.41) is 10.1. The monoisotopic (exact) mass is 394 g/mol. The number of aromatic amines is 1. The molecule has 0 aliphatic carbocycles. The summed E-state index contributed by atoms with van der Waals surface area (Å²) in [4.78, 5) is 16.8. The average Bonchev–Trinajstić information content (AvgIpc) is 3.16. The van der Waals surface area contributed by atoms with Gasteiger partial charge in [0.25, 0.3) is 0 Å². The van der Waals surface area contributed by atoms with Crippen LogP contribution in [0.3, 0.4) is 0 Å². The van der Waals surface area contributed by atoms with E-state index in [1.807, 2.05) is 80.6 Å². The highest BCUT2D eigenvalue weighted by molar-refractivity contribution is 8.00. The standard InChI is InChI=1S/C21H22N4O2S/c1-3-27-18-12-10-17(11-13-18)22-20(26)15(2)28-21-23-19(24-25-21)14-9-16-7-5-4-6-8-16/h4-15H,3H2,1-2H3,(H,22,26)(H,23,24,25)/b14-9+. The smallest absolute Gasteiger partial charge is 0.237 e. The fraction of sp³-hybridized carbons (Fsp3) is 0.190. The number of nitrogens with one attached hydrogen (secondary N) is 2. The third-order valence-corrected chi connectivity index (χ3v) is 4.76. The lowest BCUT2D eigenvalue weighted by atomic mass is 10.2. The topological polar surface area (TPSA) is 79.9 Å². The minimum atomic E-state index is -0.340. The van der Waals surface area contributed by atoms with Crippen LogP contribution in [0.25, 0.3) is 12.2 Å². The van der Waals surface area contributed by atoms with E-state index >= 15 is 0 Å². The number of hydrogen-bond donors (Lipinski definition) is 2. The minimum Gasteiger partial charge on any atom is -0.494 e. The van der Waals surface area contributed by atoms with E-state index in [2.05, 4.69) is 20.5 Å². The van der Waals surface area contributed by atoms with E-state index < -0.39 is 0 Å². The summed E-state index contributed by atoms with van der Waals surface area (Å²) in [7, 11) is 0. The number of aromatic nitrogens is 3. The fourth-order valence-corrected chi connectivity index (χ4v) is 3.11. The zero-order valence-electron chi connectivity index (χ0n) is 15.8. The molecule has 1 heterocycles. The highest BCUT2D eigenvalue weighted by Crippen LogP contribution is 2.22. The Balaban J connectivity index is 1.54. The summed E-state index contributed by atoms with van der Waals surface area (Å²) in [5.74, 6) is 1.31. The second-order valence-electron chi connectivity index (χ2n) is 5.95. The summed E-state index contributed by atoms with van der Waals surface area (Å²) in [5.41, 5.74) is 1.80. The fourth-order valence-electron chi connectivity index (χ4n) is 2.38. The summed E-state index contributed by atoms with van der Waals surface area (Å²) in [6, 6.07) is 17.2. The zero-order valence-corrected chi connectivity index (χ0v) is 16.6. The van der Waals surface area contributed by atoms with Gasteiger partial charge in [-0.1, -0.05) is 48.2 Å². The molecule has 2 aromatic carbocycles. The summed E-state index contributed by atoms with van der Waals surface area (Å²) < 4.78 is 5.40. The van der Waals surface area contributed by atoms with E-state index in [1.54, 1.807) is 0 Å². The number of amides is 1. The molecule has 0 aliphatic rings. The summed E-state index contributed by atoms with van der Waals surface area (Å²) in [6.45, 7) is 4.36. The van der Waals surface area contributed by atoms with Crippen molar-refractivity contribution in [3.05, 3.63) is 66.0 Å². The van der Waals surface area contributed by atoms with Gasteiger partial charge < -0.3 is 10.1 Å². The van der Waals surface area contributed by atoms with Crippen LogP contribution in [-0.4, -0.2) is 32.9 Å². The van der Waals surface area contributed by atoms with Crippen molar-refractivity contribution in [3.8, 4) is 5.75 Å². The molecular formula is C21H22N4O2S. The largest absolute Gasteiger partial charge is 0.494 e. The number of hydrogen-bond acceptors (Lipinski definition) is 5. The third-order valence-electron chi connectivity index (χ3n) is 3.80. The molecule has 1 amide bonds. The molecule has 0 radical (unpaired) electrons. The quantitative estimate of drug-likeness (QED) is 0.550. The molecule has 1 atom stereocenters. The highest BCUT2D eigenvalue weighted by atomic mass is 32.2. The Kier molecular flexibility index (Phi) is 6.86. The van der Waals surface area contributed by atoms with E-state index in [4.69, 9.17) is 4.74 Å². The molecule has 3 aromatic rings. The van der Waals surface area contributed by atoms with Crippen LogP contribution < -0.4 is 10.1 Å². The van der Waals surface area contributed by atoms with Gasteiger partial charge in [0, 0.05) is 5.69 Å². The molecule has 0 saturated heterocycles. The number of anilines is 1. The molecule has 6 nitrogen and oxygen atoms in total. The molecule has 28 heavy (non-hydrogen) atoms. The van der Waals surface area contributed by atoms with Gasteiger partial charge in [0.15, 0.2) is 0 Å². The lowest BCUT2D eigenvalue weighted by Gasteiger charge is -2.10. The van der Waals surface area contributed by atoms with Gasteiger partial charge in [-0.3, -0.25) is 9.89 Å². The van der Waals surface area contributed by atoms with Gasteiger partial charge in [-0.2, -0.15) is 0 Å². The first-order chi connectivity index (χ1) is 13.6. The summed E-state index contributed by atoms with van der Waals surface area (Å²) >= 11 is 1.30. The Labute approximate surface area is 168 Å². The molecule has 0 spiro atoms. The second-order valence-corrected chi connectivity index (χ2v) is 7.26. The van der Waals surface area contributed by atoms with Crippen molar-refractivity contribution < 1.29 is 9.53 Å². The van der Waals surface area contributed by atoms with Crippen molar-refractivity contribution in [2.75, 3.05) is 11.9 Å². The Morgan fingerprint density at radius 1 is 1.18 bits per heavy atom. The van der Waals surface area contributed by atoms with Crippen LogP contribution in [0.1, 0.15) is 25.2 Å². The van der Waals surface area contributed by atoms with Crippen molar-refractivity contribution in [2.45, 2.75) is 24.3 Å².